The van der Waals surface area contributed by atoms with E-state index in [2.05, 4.69) is 26.6 Å². The lowest BCUT2D eigenvalue weighted by molar-refractivity contribution is -0.127. The van der Waals surface area contributed by atoms with Crippen LogP contribution < -0.4 is 24.8 Å². The molecule has 1 saturated heterocycles. The summed E-state index contributed by atoms with van der Waals surface area (Å²) in [5.74, 6) is 0.370. The maximum absolute atomic E-state index is 12.8. The van der Waals surface area contributed by atoms with E-state index in [1.807, 2.05) is 20.8 Å². The Bertz CT molecular complexity index is 1130. The summed E-state index contributed by atoms with van der Waals surface area (Å²) in [6, 6.07) is 9.64. The van der Waals surface area contributed by atoms with E-state index in [1.165, 1.54) is 13.2 Å². The van der Waals surface area contributed by atoms with Crippen molar-refractivity contribution in [3.63, 3.8) is 0 Å². The van der Waals surface area contributed by atoms with Crippen LogP contribution in [0.2, 0.25) is 0 Å². The van der Waals surface area contributed by atoms with Crippen molar-refractivity contribution in [2.24, 2.45) is 0 Å². The van der Waals surface area contributed by atoms with Crippen LogP contribution in [0, 0.1) is 0 Å². The summed E-state index contributed by atoms with van der Waals surface area (Å²) in [6.07, 6.45) is 1.45. The number of nitrogens with zero attached hydrogens (tertiary/aromatic N) is 1. The molecule has 0 atom stereocenters. The number of nitrogens with one attached hydrogen (secondary N) is 2. The molecule has 180 valence electrons. The second kappa shape index (κ2) is 11.1. The number of ether oxygens (including phenoxy) is 3. The molecule has 34 heavy (non-hydrogen) atoms. The summed E-state index contributed by atoms with van der Waals surface area (Å²) in [5.41, 5.74) is 1.09. The smallest absolute Gasteiger partial charge is 0.329 e. The Kier molecular flexibility index (Phi) is 8.17. The van der Waals surface area contributed by atoms with Crippen LogP contribution in [-0.4, -0.2) is 49.1 Å². The number of amides is 4. The Hall–Kier alpha value is -3.53. The summed E-state index contributed by atoms with van der Waals surface area (Å²) in [7, 11) is 1.48. The van der Waals surface area contributed by atoms with Gasteiger partial charge < -0.3 is 24.8 Å². The lowest BCUT2D eigenvalue weighted by Gasteiger charge is -2.17. The molecule has 2 aromatic carbocycles. The third-order valence-electron chi connectivity index (χ3n) is 4.64. The lowest BCUT2D eigenvalue weighted by atomic mass is 10.1. The van der Waals surface area contributed by atoms with Gasteiger partial charge in [-0.3, -0.25) is 9.59 Å². The fourth-order valence-corrected chi connectivity index (χ4v) is 3.80. The molecule has 0 unspecified atom stereocenters. The average Bonchev–Trinajstić information content (AvgIpc) is 3.03. The predicted molar refractivity (Wildman–Crippen MR) is 131 cm³/mol. The molecule has 3 rings (SSSR count). The van der Waals surface area contributed by atoms with Gasteiger partial charge in [0.1, 0.15) is 18.0 Å². The number of urea groups is 1. The van der Waals surface area contributed by atoms with Crippen LogP contribution >= 0.6 is 15.9 Å². The van der Waals surface area contributed by atoms with Gasteiger partial charge in [-0.15, -0.1) is 0 Å². The molecule has 9 nitrogen and oxygen atoms in total. The van der Waals surface area contributed by atoms with Crippen molar-refractivity contribution in [1.82, 2.24) is 10.2 Å². The zero-order valence-electron chi connectivity index (χ0n) is 19.3. The standard InChI is InChI=1S/C24H26BrN3O6/c1-5-33-20-12-15(10-16(25)22(20)34-14(2)3)11-18-23(30)28(24(31)27-18)13-21(29)26-17-8-6-7-9-19(17)32-4/h6-12,14H,5,13H2,1-4H3,(H,26,29)(H,27,31)/b18-11+. The topological polar surface area (TPSA) is 106 Å². The monoisotopic (exact) mass is 531 g/mol. The van der Waals surface area contributed by atoms with Gasteiger partial charge >= 0.3 is 6.03 Å². The summed E-state index contributed by atoms with van der Waals surface area (Å²) in [4.78, 5) is 38.6. The first kappa shape index (κ1) is 25.1. The number of hydrogen-bond acceptors (Lipinski definition) is 6. The molecular weight excluding hydrogens is 506 g/mol. The summed E-state index contributed by atoms with van der Waals surface area (Å²) >= 11 is 3.48. The molecule has 0 saturated carbocycles. The van der Waals surface area contributed by atoms with E-state index in [0.717, 1.165) is 4.90 Å². The molecule has 1 aliphatic heterocycles. The van der Waals surface area contributed by atoms with Crippen LogP contribution in [0.3, 0.4) is 0 Å². The number of anilines is 1. The summed E-state index contributed by atoms with van der Waals surface area (Å²) < 4.78 is 17.4. The molecule has 1 fully saturated rings. The normalized spacial score (nSPS) is 14.4. The van der Waals surface area contributed by atoms with Gasteiger partial charge in [-0.1, -0.05) is 12.1 Å². The van der Waals surface area contributed by atoms with Crippen molar-refractivity contribution in [3.8, 4) is 17.2 Å². The van der Waals surface area contributed by atoms with Crippen molar-refractivity contribution in [2.75, 3.05) is 25.6 Å². The highest BCUT2D eigenvalue weighted by molar-refractivity contribution is 9.10. The fraction of sp³-hybridized carbons (Fsp3) is 0.292. The molecule has 0 radical (unpaired) electrons. The second-order valence-corrected chi connectivity index (χ2v) is 8.41. The SMILES string of the molecule is CCOc1cc(/C=C2/NC(=O)N(CC(=O)Nc3ccccc3OC)C2=O)cc(Br)c1OC(C)C. The van der Waals surface area contributed by atoms with E-state index < -0.39 is 24.4 Å². The van der Waals surface area contributed by atoms with E-state index in [4.69, 9.17) is 14.2 Å². The van der Waals surface area contributed by atoms with E-state index in [1.54, 1.807) is 36.4 Å². The first-order valence-electron chi connectivity index (χ1n) is 10.6. The minimum atomic E-state index is -0.685. The largest absolute Gasteiger partial charge is 0.495 e. The van der Waals surface area contributed by atoms with Gasteiger partial charge in [0, 0.05) is 0 Å². The molecule has 1 heterocycles. The summed E-state index contributed by atoms with van der Waals surface area (Å²) in [5, 5.41) is 5.17. The van der Waals surface area contributed by atoms with Crippen LogP contribution in [0.1, 0.15) is 26.3 Å². The van der Waals surface area contributed by atoms with Gasteiger partial charge in [-0.2, -0.15) is 0 Å². The van der Waals surface area contributed by atoms with E-state index in [-0.39, 0.29) is 11.8 Å². The van der Waals surface area contributed by atoms with Crippen molar-refractivity contribution < 1.29 is 28.6 Å². The molecule has 0 bridgehead atoms. The van der Waals surface area contributed by atoms with Gasteiger partial charge in [-0.05, 0) is 72.6 Å². The van der Waals surface area contributed by atoms with Crippen LogP contribution in [0.25, 0.3) is 6.08 Å². The van der Waals surface area contributed by atoms with E-state index in [9.17, 15) is 14.4 Å². The maximum Gasteiger partial charge on any atom is 0.329 e. The lowest BCUT2D eigenvalue weighted by Crippen LogP contribution is -2.38. The van der Waals surface area contributed by atoms with Crippen molar-refractivity contribution in [3.05, 3.63) is 52.1 Å². The third-order valence-corrected chi connectivity index (χ3v) is 5.23. The minimum Gasteiger partial charge on any atom is -0.495 e. The molecule has 2 N–H and O–H groups in total. The Morgan fingerprint density at radius 1 is 1.21 bits per heavy atom. The van der Waals surface area contributed by atoms with Crippen molar-refractivity contribution >= 4 is 45.5 Å². The van der Waals surface area contributed by atoms with E-state index >= 15 is 0 Å². The molecule has 10 heteroatoms. The van der Waals surface area contributed by atoms with E-state index in [0.29, 0.717) is 39.6 Å². The summed E-state index contributed by atoms with van der Waals surface area (Å²) in [6.45, 7) is 5.64. The minimum absolute atomic E-state index is 0.0435. The molecule has 0 spiro atoms. The number of hydrogen-bond donors (Lipinski definition) is 2. The Morgan fingerprint density at radius 3 is 2.62 bits per heavy atom. The van der Waals surface area contributed by atoms with Gasteiger partial charge in [0.05, 0.1) is 30.0 Å². The Labute approximate surface area is 206 Å². The van der Waals surface area contributed by atoms with Gasteiger partial charge in [0.2, 0.25) is 5.91 Å². The molecule has 4 amide bonds. The van der Waals surface area contributed by atoms with Gasteiger partial charge in [0.25, 0.3) is 5.91 Å². The number of benzene rings is 2. The number of imide groups is 1. The number of carbonyl (C=O) groups excluding carboxylic acids is 3. The molecule has 2 aromatic rings. The number of methoxy groups -OCH3 is 1. The molecule has 0 aromatic heterocycles. The quantitative estimate of drug-likeness (QED) is 0.371. The van der Waals surface area contributed by atoms with Crippen molar-refractivity contribution in [2.45, 2.75) is 26.9 Å². The van der Waals surface area contributed by atoms with Crippen LogP contribution in [0.15, 0.2) is 46.6 Å². The zero-order chi connectivity index (χ0) is 24.8. The van der Waals surface area contributed by atoms with Crippen LogP contribution in [-0.2, 0) is 9.59 Å². The highest BCUT2D eigenvalue weighted by atomic mass is 79.9. The second-order valence-electron chi connectivity index (χ2n) is 7.56. The number of halogens is 1. The average molecular weight is 532 g/mol. The highest BCUT2D eigenvalue weighted by Gasteiger charge is 2.35. The van der Waals surface area contributed by atoms with Crippen LogP contribution in [0.5, 0.6) is 17.2 Å². The number of para-hydroxylation sites is 2. The Balaban J connectivity index is 1.78. The van der Waals surface area contributed by atoms with Gasteiger partial charge in [0.15, 0.2) is 11.5 Å². The Morgan fingerprint density at radius 2 is 1.94 bits per heavy atom. The highest BCUT2D eigenvalue weighted by Crippen LogP contribution is 2.38. The first-order valence-corrected chi connectivity index (χ1v) is 11.4. The number of carbonyl (C=O) groups is 3. The fourth-order valence-electron chi connectivity index (χ4n) is 3.25. The zero-order valence-corrected chi connectivity index (χ0v) is 20.9. The molecular formula is C24H26BrN3O6. The number of rotatable bonds is 9. The third kappa shape index (κ3) is 5.88. The first-order chi connectivity index (χ1) is 16.2. The van der Waals surface area contributed by atoms with Crippen LogP contribution in [0.4, 0.5) is 10.5 Å². The predicted octanol–water partition coefficient (Wildman–Crippen LogP) is 4.18. The maximum atomic E-state index is 12.8. The van der Waals surface area contributed by atoms with Crippen molar-refractivity contribution in [1.29, 1.82) is 0 Å². The van der Waals surface area contributed by atoms with Gasteiger partial charge in [-0.25, -0.2) is 9.69 Å². The molecule has 0 aliphatic carbocycles. The molecule has 1 aliphatic rings.